The molecular weight excluding hydrogens is 342 g/mol. The van der Waals surface area contributed by atoms with Gasteiger partial charge in [-0.2, -0.15) is 5.10 Å². The van der Waals surface area contributed by atoms with E-state index in [-0.39, 0.29) is 23.6 Å². The van der Waals surface area contributed by atoms with Crippen molar-refractivity contribution >= 4 is 27.2 Å². The lowest BCUT2D eigenvalue weighted by atomic mass is 9.94. The van der Waals surface area contributed by atoms with E-state index in [9.17, 15) is 13.2 Å². The van der Waals surface area contributed by atoms with Gasteiger partial charge in [0.1, 0.15) is 11.5 Å². The molecule has 1 aromatic rings. The molecule has 1 amide bonds. The lowest BCUT2D eigenvalue weighted by Gasteiger charge is -2.34. The Morgan fingerprint density at radius 1 is 1.24 bits per heavy atom. The molecule has 0 aromatic carbocycles. The first-order valence-corrected chi connectivity index (χ1v) is 10.9. The van der Waals surface area contributed by atoms with Gasteiger partial charge in [0.2, 0.25) is 5.91 Å². The summed E-state index contributed by atoms with van der Waals surface area (Å²) < 4.78 is 25.2. The molecule has 3 aliphatic heterocycles. The number of rotatable bonds is 3. The molecule has 1 unspecified atom stereocenters. The van der Waals surface area contributed by atoms with Crippen LogP contribution in [0.4, 0.5) is 11.5 Å². The van der Waals surface area contributed by atoms with Gasteiger partial charge in [-0.25, -0.2) is 13.1 Å². The summed E-state index contributed by atoms with van der Waals surface area (Å²) in [7, 11) is -2.85. The lowest BCUT2D eigenvalue weighted by molar-refractivity contribution is -0.121. The van der Waals surface area contributed by atoms with Crippen molar-refractivity contribution in [2.24, 2.45) is 5.92 Å². The van der Waals surface area contributed by atoms with E-state index < -0.39 is 9.84 Å². The maximum absolute atomic E-state index is 12.6. The van der Waals surface area contributed by atoms with Crippen LogP contribution in [0.15, 0.2) is 6.20 Å². The fourth-order valence-corrected chi connectivity index (χ4v) is 5.85. The van der Waals surface area contributed by atoms with Crippen molar-refractivity contribution in [3.05, 3.63) is 6.20 Å². The van der Waals surface area contributed by atoms with Crippen LogP contribution in [0.3, 0.4) is 0 Å². The standard InChI is InChI=1S/C16H25N5O3S/c22-16(19-14-10-18-21-6-1-5-17-15(14)21)12-2-7-20(8-3-12)13-4-9-25(23,24)11-13/h10,12-13,17H,1-9,11H2,(H,19,22). The van der Waals surface area contributed by atoms with Gasteiger partial charge in [0.25, 0.3) is 0 Å². The van der Waals surface area contributed by atoms with Gasteiger partial charge in [0.05, 0.1) is 17.7 Å². The number of fused-ring (bicyclic) bond motifs is 1. The number of sulfone groups is 1. The first-order chi connectivity index (χ1) is 12.0. The number of nitrogens with one attached hydrogen (secondary N) is 2. The Hall–Kier alpha value is -1.61. The van der Waals surface area contributed by atoms with Crippen LogP contribution in [0.2, 0.25) is 0 Å². The Morgan fingerprint density at radius 2 is 2.04 bits per heavy atom. The van der Waals surface area contributed by atoms with E-state index in [1.807, 2.05) is 4.68 Å². The Labute approximate surface area is 147 Å². The number of aromatic nitrogens is 2. The average Bonchev–Trinajstić information content (AvgIpc) is 3.18. The minimum atomic E-state index is -2.85. The highest BCUT2D eigenvalue weighted by molar-refractivity contribution is 7.91. The summed E-state index contributed by atoms with van der Waals surface area (Å²) >= 11 is 0. The molecule has 0 spiro atoms. The van der Waals surface area contributed by atoms with Gasteiger partial charge in [0.15, 0.2) is 9.84 Å². The second-order valence-corrected chi connectivity index (χ2v) is 9.50. The predicted molar refractivity (Wildman–Crippen MR) is 95.3 cm³/mol. The molecule has 138 valence electrons. The van der Waals surface area contributed by atoms with Gasteiger partial charge in [-0.05, 0) is 38.8 Å². The monoisotopic (exact) mass is 367 g/mol. The molecule has 0 radical (unpaired) electrons. The highest BCUT2D eigenvalue weighted by Crippen LogP contribution is 2.28. The number of carbonyl (C=O) groups is 1. The van der Waals surface area contributed by atoms with Crippen LogP contribution in [-0.4, -0.2) is 66.2 Å². The van der Waals surface area contributed by atoms with E-state index in [2.05, 4.69) is 20.6 Å². The number of hydrogen-bond donors (Lipinski definition) is 2. The molecule has 0 aliphatic carbocycles. The molecule has 4 rings (SSSR count). The molecule has 4 heterocycles. The minimum absolute atomic E-state index is 0.0200. The SMILES string of the molecule is O=C(Nc1cnn2c1NCCC2)C1CCN(C2CCS(=O)(=O)C2)CC1. The second kappa shape index (κ2) is 6.60. The third-order valence-electron chi connectivity index (χ3n) is 5.56. The van der Waals surface area contributed by atoms with Gasteiger partial charge in [-0.1, -0.05) is 0 Å². The van der Waals surface area contributed by atoms with Crippen molar-refractivity contribution < 1.29 is 13.2 Å². The largest absolute Gasteiger partial charge is 0.368 e. The van der Waals surface area contributed by atoms with E-state index >= 15 is 0 Å². The molecule has 25 heavy (non-hydrogen) atoms. The Balaban J connectivity index is 1.32. The molecule has 1 atom stereocenters. The van der Waals surface area contributed by atoms with Crippen molar-refractivity contribution in [1.82, 2.24) is 14.7 Å². The van der Waals surface area contributed by atoms with Crippen LogP contribution in [0.1, 0.15) is 25.7 Å². The fourth-order valence-electron chi connectivity index (χ4n) is 4.09. The Kier molecular flexibility index (Phi) is 4.45. The topological polar surface area (TPSA) is 96.3 Å². The zero-order chi connectivity index (χ0) is 17.4. The van der Waals surface area contributed by atoms with Gasteiger partial charge in [-0.15, -0.1) is 0 Å². The van der Waals surface area contributed by atoms with E-state index in [1.54, 1.807) is 6.20 Å². The Bertz CT molecular complexity index is 752. The highest BCUT2D eigenvalue weighted by Gasteiger charge is 2.35. The third-order valence-corrected chi connectivity index (χ3v) is 7.31. The summed E-state index contributed by atoms with van der Waals surface area (Å²) in [4.78, 5) is 14.8. The van der Waals surface area contributed by atoms with Crippen LogP contribution >= 0.6 is 0 Å². The number of hydrogen-bond acceptors (Lipinski definition) is 6. The van der Waals surface area contributed by atoms with Gasteiger partial charge in [0, 0.05) is 25.0 Å². The van der Waals surface area contributed by atoms with Crippen LogP contribution in [0.25, 0.3) is 0 Å². The number of amides is 1. The molecule has 3 aliphatic rings. The number of anilines is 2. The molecular formula is C16H25N5O3S. The van der Waals surface area contributed by atoms with Crippen LogP contribution in [-0.2, 0) is 21.2 Å². The first kappa shape index (κ1) is 16.8. The summed E-state index contributed by atoms with van der Waals surface area (Å²) in [5.41, 5.74) is 0.758. The lowest BCUT2D eigenvalue weighted by Crippen LogP contribution is -2.44. The predicted octanol–water partition coefficient (Wildman–Crippen LogP) is 0.536. The minimum Gasteiger partial charge on any atom is -0.368 e. The zero-order valence-corrected chi connectivity index (χ0v) is 15.1. The number of nitrogens with zero attached hydrogens (tertiary/aromatic N) is 3. The maximum Gasteiger partial charge on any atom is 0.227 e. The number of piperidine rings is 1. The van der Waals surface area contributed by atoms with E-state index in [4.69, 9.17) is 0 Å². The Morgan fingerprint density at radius 3 is 2.76 bits per heavy atom. The zero-order valence-electron chi connectivity index (χ0n) is 14.3. The molecule has 0 saturated carbocycles. The normalized spacial score (nSPS) is 26.8. The van der Waals surface area contributed by atoms with Crippen molar-refractivity contribution in [3.8, 4) is 0 Å². The van der Waals surface area contributed by atoms with Gasteiger partial charge < -0.3 is 10.6 Å². The van der Waals surface area contributed by atoms with Crippen molar-refractivity contribution in [3.63, 3.8) is 0 Å². The van der Waals surface area contributed by atoms with Crippen LogP contribution in [0.5, 0.6) is 0 Å². The van der Waals surface area contributed by atoms with Crippen molar-refractivity contribution in [1.29, 1.82) is 0 Å². The quantitative estimate of drug-likeness (QED) is 0.809. The molecule has 2 saturated heterocycles. The van der Waals surface area contributed by atoms with E-state index in [0.29, 0.717) is 5.75 Å². The molecule has 9 heteroatoms. The number of likely N-dealkylation sites (tertiary alicyclic amines) is 1. The third kappa shape index (κ3) is 3.52. The van der Waals surface area contributed by atoms with Crippen molar-refractivity contribution in [2.75, 3.05) is 41.8 Å². The summed E-state index contributed by atoms with van der Waals surface area (Å²) in [6.45, 7) is 3.36. The van der Waals surface area contributed by atoms with E-state index in [1.165, 1.54) is 0 Å². The number of carbonyl (C=O) groups excluding carboxylic acids is 1. The molecule has 1 aromatic heterocycles. The maximum atomic E-state index is 12.6. The molecule has 2 N–H and O–H groups in total. The molecule has 8 nitrogen and oxygen atoms in total. The first-order valence-electron chi connectivity index (χ1n) is 9.07. The fraction of sp³-hybridized carbons (Fsp3) is 0.750. The average molecular weight is 367 g/mol. The van der Waals surface area contributed by atoms with Crippen LogP contribution in [0, 0.1) is 5.92 Å². The summed E-state index contributed by atoms with van der Waals surface area (Å²) in [5, 5.41) is 10.6. The summed E-state index contributed by atoms with van der Waals surface area (Å²) in [6.07, 6.45) is 5.04. The van der Waals surface area contributed by atoms with Gasteiger partial charge >= 0.3 is 0 Å². The second-order valence-electron chi connectivity index (χ2n) is 7.27. The number of aryl methyl sites for hydroxylation is 1. The van der Waals surface area contributed by atoms with Crippen LogP contribution < -0.4 is 10.6 Å². The molecule has 2 fully saturated rings. The van der Waals surface area contributed by atoms with E-state index in [0.717, 1.165) is 63.4 Å². The molecule has 0 bridgehead atoms. The van der Waals surface area contributed by atoms with Gasteiger partial charge in [-0.3, -0.25) is 9.69 Å². The summed E-state index contributed by atoms with van der Waals surface area (Å²) in [6, 6.07) is 0.140. The summed E-state index contributed by atoms with van der Waals surface area (Å²) in [5.74, 6) is 1.50. The highest BCUT2D eigenvalue weighted by atomic mass is 32.2. The smallest absolute Gasteiger partial charge is 0.227 e. The van der Waals surface area contributed by atoms with Crippen molar-refractivity contribution in [2.45, 2.75) is 38.3 Å².